The topological polar surface area (TPSA) is 55.5 Å². The largest absolute Gasteiger partial charge is 0.493 e. The maximum Gasteiger partial charge on any atom is 0.124 e. The average molecular weight is 237 g/mol. The number of benzene rings is 1. The van der Waals surface area contributed by atoms with Crippen LogP contribution in [0.3, 0.4) is 0 Å². The molecule has 0 aliphatic rings. The Morgan fingerprint density at radius 2 is 2.06 bits per heavy atom. The van der Waals surface area contributed by atoms with Crippen molar-refractivity contribution in [1.82, 2.24) is 0 Å². The van der Waals surface area contributed by atoms with Crippen LogP contribution in [0.1, 0.15) is 43.4 Å². The van der Waals surface area contributed by atoms with Crippen molar-refractivity contribution in [3.05, 3.63) is 29.3 Å². The maximum atomic E-state index is 8.67. The molecule has 3 N–H and O–H groups in total. The van der Waals surface area contributed by atoms with Gasteiger partial charge in [-0.1, -0.05) is 17.7 Å². The van der Waals surface area contributed by atoms with E-state index in [4.69, 9.17) is 15.6 Å². The summed E-state index contributed by atoms with van der Waals surface area (Å²) in [5, 5.41) is 8.67. The minimum Gasteiger partial charge on any atom is -0.493 e. The third-order valence-electron chi connectivity index (χ3n) is 2.72. The number of aliphatic hydroxyl groups excluding tert-OH is 1. The van der Waals surface area contributed by atoms with Crippen LogP contribution in [0.25, 0.3) is 0 Å². The zero-order chi connectivity index (χ0) is 12.7. The summed E-state index contributed by atoms with van der Waals surface area (Å²) < 4.78 is 5.74. The monoisotopic (exact) mass is 237 g/mol. The molecular weight excluding hydrogens is 214 g/mol. The molecule has 0 heterocycles. The van der Waals surface area contributed by atoms with E-state index in [1.807, 2.05) is 19.1 Å². The highest BCUT2D eigenvalue weighted by molar-refractivity contribution is 5.38. The number of hydrogen-bond donors (Lipinski definition) is 2. The van der Waals surface area contributed by atoms with Gasteiger partial charge in [-0.05, 0) is 39.2 Å². The van der Waals surface area contributed by atoms with E-state index in [2.05, 4.69) is 13.0 Å². The number of aliphatic hydroxyl groups is 1. The minimum absolute atomic E-state index is 0.0117. The van der Waals surface area contributed by atoms with E-state index in [1.165, 1.54) is 5.56 Å². The summed E-state index contributed by atoms with van der Waals surface area (Å²) >= 11 is 0. The molecule has 3 nitrogen and oxygen atoms in total. The molecule has 0 unspecified atom stereocenters. The van der Waals surface area contributed by atoms with Gasteiger partial charge < -0.3 is 15.6 Å². The molecule has 0 amide bonds. The van der Waals surface area contributed by atoms with Crippen molar-refractivity contribution in [2.45, 2.75) is 39.2 Å². The summed E-state index contributed by atoms with van der Waals surface area (Å²) in [6.07, 6.45) is 2.81. The minimum atomic E-state index is -0.0117. The molecule has 1 rings (SSSR count). The summed E-state index contributed by atoms with van der Waals surface area (Å²) in [5.41, 5.74) is 8.18. The molecule has 0 saturated carbocycles. The molecule has 17 heavy (non-hydrogen) atoms. The van der Waals surface area contributed by atoms with Crippen molar-refractivity contribution in [3.8, 4) is 5.75 Å². The highest BCUT2D eigenvalue weighted by atomic mass is 16.5. The molecule has 0 fully saturated rings. The Morgan fingerprint density at radius 1 is 1.29 bits per heavy atom. The second kappa shape index (κ2) is 7.30. The lowest BCUT2D eigenvalue weighted by Crippen LogP contribution is -2.09. The number of hydrogen-bond acceptors (Lipinski definition) is 3. The second-order valence-corrected chi connectivity index (χ2v) is 4.46. The second-order valence-electron chi connectivity index (χ2n) is 4.46. The first-order chi connectivity index (χ1) is 8.15. The highest BCUT2D eigenvalue weighted by Crippen LogP contribution is 2.25. The average Bonchev–Trinajstić information content (AvgIpc) is 2.30. The molecule has 0 radical (unpaired) electrons. The predicted octanol–water partition coefficient (Wildman–Crippen LogP) is 2.56. The highest BCUT2D eigenvalue weighted by Gasteiger charge is 2.08. The van der Waals surface area contributed by atoms with Crippen LogP contribution in [0.15, 0.2) is 18.2 Å². The van der Waals surface area contributed by atoms with E-state index in [0.717, 1.165) is 30.6 Å². The van der Waals surface area contributed by atoms with Crippen molar-refractivity contribution in [3.63, 3.8) is 0 Å². The lowest BCUT2D eigenvalue weighted by Gasteiger charge is -2.14. The standard InChI is InChI=1S/C14H23NO2/c1-11-6-7-14(13(10-11)12(2)15)17-9-5-3-4-8-16/h6-7,10,12,16H,3-5,8-9,15H2,1-2H3/t12-/m0/s1. The number of unbranched alkanes of at least 4 members (excludes halogenated alkanes) is 2. The van der Waals surface area contributed by atoms with Crippen LogP contribution in [0.5, 0.6) is 5.75 Å². The summed E-state index contributed by atoms with van der Waals surface area (Å²) in [5.74, 6) is 0.884. The van der Waals surface area contributed by atoms with Crippen LogP contribution < -0.4 is 10.5 Å². The number of nitrogens with two attached hydrogens (primary N) is 1. The molecule has 96 valence electrons. The van der Waals surface area contributed by atoms with E-state index in [-0.39, 0.29) is 12.6 Å². The fourth-order valence-corrected chi connectivity index (χ4v) is 1.73. The normalized spacial score (nSPS) is 12.5. The van der Waals surface area contributed by atoms with E-state index in [1.54, 1.807) is 0 Å². The zero-order valence-corrected chi connectivity index (χ0v) is 10.8. The lowest BCUT2D eigenvalue weighted by atomic mass is 10.1. The van der Waals surface area contributed by atoms with E-state index in [9.17, 15) is 0 Å². The van der Waals surface area contributed by atoms with E-state index in [0.29, 0.717) is 6.61 Å². The number of ether oxygens (including phenoxy) is 1. The Labute approximate surface area is 104 Å². The van der Waals surface area contributed by atoms with Crippen molar-refractivity contribution in [1.29, 1.82) is 0 Å². The zero-order valence-electron chi connectivity index (χ0n) is 10.8. The van der Waals surface area contributed by atoms with Gasteiger partial charge in [-0.25, -0.2) is 0 Å². The Kier molecular flexibility index (Phi) is 6.01. The van der Waals surface area contributed by atoms with E-state index < -0.39 is 0 Å². The van der Waals surface area contributed by atoms with Gasteiger partial charge in [-0.15, -0.1) is 0 Å². The Morgan fingerprint density at radius 3 is 2.71 bits per heavy atom. The predicted molar refractivity (Wildman–Crippen MR) is 70.2 cm³/mol. The van der Waals surface area contributed by atoms with Crippen molar-refractivity contribution < 1.29 is 9.84 Å². The van der Waals surface area contributed by atoms with Crippen LogP contribution in [-0.4, -0.2) is 18.3 Å². The molecule has 0 aliphatic heterocycles. The molecule has 0 aromatic heterocycles. The molecule has 0 spiro atoms. The van der Waals surface area contributed by atoms with Crippen LogP contribution >= 0.6 is 0 Å². The van der Waals surface area contributed by atoms with Crippen molar-refractivity contribution >= 4 is 0 Å². The van der Waals surface area contributed by atoms with Crippen LogP contribution in [0.4, 0.5) is 0 Å². The fourth-order valence-electron chi connectivity index (χ4n) is 1.73. The van der Waals surface area contributed by atoms with Gasteiger partial charge >= 0.3 is 0 Å². The molecule has 1 aromatic carbocycles. The fraction of sp³-hybridized carbons (Fsp3) is 0.571. The van der Waals surface area contributed by atoms with Crippen molar-refractivity contribution in [2.75, 3.05) is 13.2 Å². The molecule has 0 bridgehead atoms. The maximum absolute atomic E-state index is 8.67. The molecule has 1 atom stereocenters. The third-order valence-corrected chi connectivity index (χ3v) is 2.72. The van der Waals surface area contributed by atoms with Crippen LogP contribution in [0, 0.1) is 6.92 Å². The third kappa shape index (κ3) is 4.75. The number of rotatable bonds is 7. The number of aryl methyl sites for hydroxylation is 1. The molecular formula is C14H23NO2. The smallest absolute Gasteiger partial charge is 0.124 e. The Hall–Kier alpha value is -1.06. The lowest BCUT2D eigenvalue weighted by molar-refractivity contribution is 0.265. The summed E-state index contributed by atoms with van der Waals surface area (Å²) in [4.78, 5) is 0. The van der Waals surface area contributed by atoms with Gasteiger partial charge in [0.05, 0.1) is 6.61 Å². The first kappa shape index (κ1) is 14.0. The van der Waals surface area contributed by atoms with Gasteiger partial charge in [-0.3, -0.25) is 0 Å². The summed E-state index contributed by atoms with van der Waals surface area (Å²) in [6.45, 7) is 4.96. The van der Waals surface area contributed by atoms with Crippen molar-refractivity contribution in [2.24, 2.45) is 5.73 Å². The van der Waals surface area contributed by atoms with Gasteiger partial charge in [0.1, 0.15) is 5.75 Å². The molecule has 0 saturated heterocycles. The Bertz CT molecular complexity index is 337. The molecule has 0 aliphatic carbocycles. The first-order valence-electron chi connectivity index (χ1n) is 6.25. The van der Waals surface area contributed by atoms with E-state index >= 15 is 0 Å². The summed E-state index contributed by atoms with van der Waals surface area (Å²) in [6, 6.07) is 6.09. The van der Waals surface area contributed by atoms with Gasteiger partial charge in [0.2, 0.25) is 0 Å². The summed E-state index contributed by atoms with van der Waals surface area (Å²) in [7, 11) is 0. The van der Waals surface area contributed by atoms with Crippen LogP contribution in [0.2, 0.25) is 0 Å². The molecule has 1 aromatic rings. The van der Waals surface area contributed by atoms with Gasteiger partial charge in [0.15, 0.2) is 0 Å². The van der Waals surface area contributed by atoms with Crippen LogP contribution in [-0.2, 0) is 0 Å². The Balaban J connectivity index is 2.52. The first-order valence-corrected chi connectivity index (χ1v) is 6.25. The molecule has 3 heteroatoms. The quantitative estimate of drug-likeness (QED) is 0.717. The SMILES string of the molecule is Cc1ccc(OCCCCCO)c([C@H](C)N)c1. The van der Waals surface area contributed by atoms with Gasteiger partial charge in [0.25, 0.3) is 0 Å². The van der Waals surface area contributed by atoms with Gasteiger partial charge in [0, 0.05) is 18.2 Å². The van der Waals surface area contributed by atoms with Gasteiger partial charge in [-0.2, -0.15) is 0 Å².